The van der Waals surface area contributed by atoms with Gasteiger partial charge in [-0.3, -0.25) is 4.84 Å². The van der Waals surface area contributed by atoms with Crippen molar-refractivity contribution in [2.45, 2.75) is 31.4 Å². The first kappa shape index (κ1) is 12.6. The van der Waals surface area contributed by atoms with Crippen LogP contribution in [0.1, 0.15) is 18.9 Å². The summed E-state index contributed by atoms with van der Waals surface area (Å²) in [5.41, 5.74) is 1.27. The summed E-state index contributed by atoms with van der Waals surface area (Å²) in [5, 5.41) is 5.22. The number of hydrogen-bond donors (Lipinski definition) is 1. The molecule has 0 bridgehead atoms. The number of hydroxylamine groups is 2. The van der Waals surface area contributed by atoms with Gasteiger partial charge in [-0.1, -0.05) is 30.3 Å². The van der Waals surface area contributed by atoms with Crippen LogP contribution in [0.2, 0.25) is 0 Å². The average molecular weight is 234 g/mol. The van der Waals surface area contributed by atoms with Gasteiger partial charge in [0.1, 0.15) is 0 Å². The summed E-state index contributed by atoms with van der Waals surface area (Å²) in [7, 11) is 4.01. The van der Waals surface area contributed by atoms with Gasteiger partial charge in [0.25, 0.3) is 0 Å². The zero-order valence-corrected chi connectivity index (χ0v) is 10.9. The molecule has 1 saturated heterocycles. The Balaban J connectivity index is 2.01. The molecule has 1 fully saturated rings. The molecule has 1 aromatic rings. The highest BCUT2D eigenvalue weighted by Crippen LogP contribution is 2.32. The predicted octanol–water partition coefficient (Wildman–Crippen LogP) is 1.84. The molecule has 17 heavy (non-hydrogen) atoms. The van der Waals surface area contributed by atoms with E-state index >= 15 is 0 Å². The second-order valence-electron chi connectivity index (χ2n) is 5.17. The summed E-state index contributed by atoms with van der Waals surface area (Å²) in [6.07, 6.45) is 2.04. The molecule has 1 aliphatic heterocycles. The van der Waals surface area contributed by atoms with Gasteiger partial charge in [0.05, 0.1) is 11.6 Å². The van der Waals surface area contributed by atoms with Crippen LogP contribution in [0, 0.1) is 0 Å². The van der Waals surface area contributed by atoms with E-state index in [1.165, 1.54) is 5.56 Å². The Morgan fingerprint density at radius 2 is 2.12 bits per heavy atom. The molecule has 1 aliphatic rings. The van der Waals surface area contributed by atoms with Gasteiger partial charge in [-0.2, -0.15) is 5.06 Å². The molecule has 1 N–H and O–H groups in total. The largest absolute Gasteiger partial charge is 0.318 e. The summed E-state index contributed by atoms with van der Waals surface area (Å²) < 4.78 is 0. The van der Waals surface area contributed by atoms with E-state index in [1.807, 2.05) is 19.2 Å². The molecule has 1 aromatic carbocycles. The summed E-state index contributed by atoms with van der Waals surface area (Å²) >= 11 is 0. The molecule has 3 heteroatoms. The lowest BCUT2D eigenvalue weighted by Crippen LogP contribution is -2.32. The fraction of sp³-hybridized carbons (Fsp3) is 0.571. The first-order chi connectivity index (χ1) is 8.13. The summed E-state index contributed by atoms with van der Waals surface area (Å²) in [4.78, 5) is 6.01. The molecule has 0 aromatic heterocycles. The normalized spacial score (nSPS) is 29.7. The molecule has 0 spiro atoms. The van der Waals surface area contributed by atoms with E-state index < -0.39 is 0 Å². The van der Waals surface area contributed by atoms with Crippen LogP contribution in [0.4, 0.5) is 0 Å². The van der Waals surface area contributed by atoms with Crippen molar-refractivity contribution in [1.29, 1.82) is 0 Å². The maximum atomic E-state index is 6.01. The second kappa shape index (κ2) is 5.17. The smallest absolute Gasteiger partial charge is 0.0928 e. The molecule has 0 amide bonds. The molecule has 3 nitrogen and oxygen atoms in total. The second-order valence-corrected chi connectivity index (χ2v) is 5.17. The molecule has 94 valence electrons. The third-order valence-corrected chi connectivity index (χ3v) is 3.41. The van der Waals surface area contributed by atoms with Crippen LogP contribution in [0.5, 0.6) is 0 Å². The van der Waals surface area contributed by atoms with E-state index in [1.54, 1.807) is 0 Å². The van der Waals surface area contributed by atoms with E-state index in [4.69, 9.17) is 4.84 Å². The standard InChI is InChI=1S/C14H22N2O/c1-14(9-12-7-5-4-6-8-12)10-13(11-15-2)16(3)17-14/h4-8,13,15H,9-11H2,1-3H3. The molecule has 2 atom stereocenters. The molecule has 0 saturated carbocycles. The van der Waals surface area contributed by atoms with Crippen molar-refractivity contribution in [1.82, 2.24) is 10.4 Å². The first-order valence-electron chi connectivity index (χ1n) is 6.23. The zero-order chi connectivity index (χ0) is 12.3. The lowest BCUT2D eigenvalue weighted by Gasteiger charge is -2.23. The third kappa shape index (κ3) is 3.06. The Bertz CT molecular complexity index is 354. The van der Waals surface area contributed by atoms with Crippen molar-refractivity contribution >= 4 is 0 Å². The predicted molar refractivity (Wildman–Crippen MR) is 69.7 cm³/mol. The third-order valence-electron chi connectivity index (χ3n) is 3.41. The Kier molecular flexibility index (Phi) is 3.82. The van der Waals surface area contributed by atoms with E-state index in [0.717, 1.165) is 19.4 Å². The van der Waals surface area contributed by atoms with Crippen molar-refractivity contribution in [2.24, 2.45) is 0 Å². The van der Waals surface area contributed by atoms with Crippen LogP contribution in [-0.4, -0.2) is 37.3 Å². The topological polar surface area (TPSA) is 24.5 Å². The Morgan fingerprint density at radius 1 is 1.41 bits per heavy atom. The van der Waals surface area contributed by atoms with Gasteiger partial charge in [-0.05, 0) is 26.0 Å². The van der Waals surface area contributed by atoms with E-state index in [2.05, 4.69) is 42.6 Å². The molecule has 1 heterocycles. The van der Waals surface area contributed by atoms with Crippen molar-refractivity contribution in [3.8, 4) is 0 Å². The van der Waals surface area contributed by atoms with Crippen LogP contribution < -0.4 is 5.32 Å². The highest BCUT2D eigenvalue weighted by molar-refractivity contribution is 5.17. The first-order valence-corrected chi connectivity index (χ1v) is 6.23. The number of rotatable bonds is 4. The van der Waals surface area contributed by atoms with Crippen LogP contribution in [0.15, 0.2) is 30.3 Å². The monoisotopic (exact) mass is 234 g/mol. The maximum absolute atomic E-state index is 6.01. The van der Waals surface area contributed by atoms with Crippen molar-refractivity contribution < 1.29 is 4.84 Å². The number of nitrogens with zero attached hydrogens (tertiary/aromatic N) is 1. The Hall–Kier alpha value is -0.900. The minimum Gasteiger partial charge on any atom is -0.318 e. The molecule has 2 unspecified atom stereocenters. The highest BCUT2D eigenvalue weighted by Gasteiger charge is 2.40. The van der Waals surface area contributed by atoms with Gasteiger partial charge in [0.2, 0.25) is 0 Å². The fourth-order valence-electron chi connectivity index (χ4n) is 2.65. The summed E-state index contributed by atoms with van der Waals surface area (Å²) in [6, 6.07) is 11.0. The highest BCUT2D eigenvalue weighted by atomic mass is 16.7. The van der Waals surface area contributed by atoms with E-state index in [9.17, 15) is 0 Å². The zero-order valence-electron chi connectivity index (χ0n) is 10.9. The van der Waals surface area contributed by atoms with Gasteiger partial charge in [0, 0.05) is 20.0 Å². The minimum absolute atomic E-state index is 0.0718. The molecule has 0 aliphatic carbocycles. The average Bonchev–Trinajstić information content (AvgIpc) is 2.55. The lowest BCUT2D eigenvalue weighted by atomic mass is 9.91. The SMILES string of the molecule is CNCC1CC(C)(Cc2ccccc2)ON1C. The van der Waals surface area contributed by atoms with Crippen LogP contribution in [0.25, 0.3) is 0 Å². The molecule has 2 rings (SSSR count). The minimum atomic E-state index is -0.0718. The fourth-order valence-corrected chi connectivity index (χ4v) is 2.65. The molecule has 0 radical (unpaired) electrons. The molecular formula is C14H22N2O. The van der Waals surface area contributed by atoms with Crippen LogP contribution >= 0.6 is 0 Å². The summed E-state index contributed by atoms with van der Waals surface area (Å²) in [5.74, 6) is 0. The lowest BCUT2D eigenvalue weighted by molar-refractivity contribution is -0.181. The molecular weight excluding hydrogens is 212 g/mol. The van der Waals surface area contributed by atoms with E-state index in [-0.39, 0.29) is 5.60 Å². The number of benzene rings is 1. The van der Waals surface area contributed by atoms with Gasteiger partial charge in [0.15, 0.2) is 0 Å². The number of hydrogen-bond acceptors (Lipinski definition) is 3. The van der Waals surface area contributed by atoms with Crippen LogP contribution in [-0.2, 0) is 11.3 Å². The van der Waals surface area contributed by atoms with Gasteiger partial charge in [-0.25, -0.2) is 0 Å². The van der Waals surface area contributed by atoms with Gasteiger partial charge in [-0.15, -0.1) is 0 Å². The number of nitrogens with one attached hydrogen (secondary N) is 1. The van der Waals surface area contributed by atoms with Crippen molar-refractivity contribution in [3.63, 3.8) is 0 Å². The Morgan fingerprint density at radius 3 is 2.76 bits per heavy atom. The maximum Gasteiger partial charge on any atom is 0.0928 e. The van der Waals surface area contributed by atoms with Crippen molar-refractivity contribution in [3.05, 3.63) is 35.9 Å². The van der Waals surface area contributed by atoms with Crippen molar-refractivity contribution in [2.75, 3.05) is 20.6 Å². The Labute approximate surface area is 104 Å². The van der Waals surface area contributed by atoms with E-state index in [0.29, 0.717) is 6.04 Å². The van der Waals surface area contributed by atoms with Gasteiger partial charge >= 0.3 is 0 Å². The van der Waals surface area contributed by atoms with Gasteiger partial charge < -0.3 is 5.32 Å². The van der Waals surface area contributed by atoms with Crippen LogP contribution in [0.3, 0.4) is 0 Å². The quantitative estimate of drug-likeness (QED) is 0.860. The summed E-state index contributed by atoms with van der Waals surface area (Å²) in [6.45, 7) is 3.17. The number of likely N-dealkylation sites (N-methyl/N-ethyl adjacent to an activating group) is 2.